The third-order valence-electron chi connectivity index (χ3n) is 4.74. The molecule has 5 nitrogen and oxygen atoms in total. The minimum atomic E-state index is -0.466. The number of rotatable bonds is 16. The molecule has 0 aromatic heterocycles. The van der Waals surface area contributed by atoms with Crippen molar-refractivity contribution in [3.05, 3.63) is 72.8 Å². The van der Waals surface area contributed by atoms with Gasteiger partial charge in [0.1, 0.15) is 11.5 Å². The molecule has 0 atom stereocenters. The first-order valence-corrected chi connectivity index (χ1v) is 11.0. The summed E-state index contributed by atoms with van der Waals surface area (Å²) in [4.78, 5) is 23.1. The Hall–Kier alpha value is -2.82. The summed E-state index contributed by atoms with van der Waals surface area (Å²) in [5, 5.41) is 0. The van der Waals surface area contributed by atoms with Crippen LogP contribution < -0.4 is 0 Å². The molecule has 0 aliphatic heterocycles. The van der Waals surface area contributed by atoms with Gasteiger partial charge in [0, 0.05) is 12.5 Å². The second kappa shape index (κ2) is 15.9. The average Bonchev–Trinajstić information content (AvgIpc) is 2.77. The van der Waals surface area contributed by atoms with Crippen LogP contribution in [0.15, 0.2) is 72.8 Å². The Labute approximate surface area is 186 Å². The van der Waals surface area contributed by atoms with Crippen LogP contribution in [0.2, 0.25) is 0 Å². The second-order valence-electron chi connectivity index (χ2n) is 7.41. The minimum absolute atomic E-state index is 0.243. The van der Waals surface area contributed by atoms with Gasteiger partial charge in [-0.3, -0.25) is 0 Å². The van der Waals surface area contributed by atoms with E-state index in [9.17, 15) is 9.59 Å². The normalized spacial score (nSPS) is 13.2. The van der Waals surface area contributed by atoms with Gasteiger partial charge in [-0.15, -0.1) is 0 Å². The van der Waals surface area contributed by atoms with Crippen LogP contribution in [-0.4, -0.2) is 25.2 Å². The molecule has 0 saturated carbocycles. The number of ether oxygens (including phenoxy) is 3. The monoisotopic (exact) mass is 428 g/mol. The van der Waals surface area contributed by atoms with E-state index in [0.717, 1.165) is 44.6 Å². The van der Waals surface area contributed by atoms with E-state index in [0.29, 0.717) is 24.7 Å². The van der Waals surface area contributed by atoms with E-state index in [2.05, 4.69) is 32.7 Å². The zero-order valence-electron chi connectivity index (χ0n) is 18.8. The van der Waals surface area contributed by atoms with Crippen molar-refractivity contribution in [1.29, 1.82) is 0 Å². The molecule has 0 N–H and O–H groups in total. The van der Waals surface area contributed by atoms with Crippen LogP contribution in [0.1, 0.15) is 64.7 Å². The first-order valence-electron chi connectivity index (χ1n) is 11.0. The molecule has 0 heterocycles. The number of hydrogen-bond donors (Lipinski definition) is 0. The lowest BCUT2D eigenvalue weighted by Gasteiger charge is -2.14. The van der Waals surface area contributed by atoms with Gasteiger partial charge in [0.05, 0.1) is 18.8 Å². The highest BCUT2D eigenvalue weighted by Crippen LogP contribution is 2.24. The summed E-state index contributed by atoms with van der Waals surface area (Å²) in [7, 11) is 0. The number of carbonyl (C=O) groups excluding carboxylic acids is 2. The van der Waals surface area contributed by atoms with Crippen LogP contribution in [0, 0.1) is 0 Å². The summed E-state index contributed by atoms with van der Waals surface area (Å²) in [6, 6.07) is 0. The quantitative estimate of drug-likeness (QED) is 0.0955. The fraction of sp³-hybridized carbons (Fsp3) is 0.462. The van der Waals surface area contributed by atoms with E-state index in [4.69, 9.17) is 14.2 Å². The highest BCUT2D eigenvalue weighted by atomic mass is 16.5. The molecule has 0 saturated heterocycles. The number of hydrogen-bond acceptors (Lipinski definition) is 5. The molecule has 0 amide bonds. The largest absolute Gasteiger partial charge is 0.494 e. The molecule has 0 aromatic carbocycles. The lowest BCUT2D eigenvalue weighted by Crippen LogP contribution is -2.07. The predicted octanol–water partition coefficient (Wildman–Crippen LogP) is 6.26. The van der Waals surface area contributed by atoms with Crippen LogP contribution in [0.4, 0.5) is 0 Å². The van der Waals surface area contributed by atoms with E-state index in [1.165, 1.54) is 24.8 Å². The molecule has 31 heavy (non-hydrogen) atoms. The van der Waals surface area contributed by atoms with Crippen LogP contribution in [0.3, 0.4) is 0 Å². The van der Waals surface area contributed by atoms with Gasteiger partial charge in [-0.05, 0) is 56.8 Å². The van der Waals surface area contributed by atoms with E-state index in [1.54, 1.807) is 12.2 Å². The first kappa shape index (κ1) is 26.2. The molecule has 0 unspecified atom stereocenters. The van der Waals surface area contributed by atoms with Gasteiger partial charge < -0.3 is 14.2 Å². The standard InChI is InChI=1S/C26H36O5/c1-5-7-9-12-23-15-17-24(18-16-23)31-26(28)21(3)13-14-22(4)29-19-10-8-11-20-30-25(27)6-2/h6,13-15,17H,2-5,7-12,16,18-20H2,1H3/b14-13-. The maximum absolute atomic E-state index is 12.2. The van der Waals surface area contributed by atoms with Crippen LogP contribution in [-0.2, 0) is 23.8 Å². The first-order chi connectivity index (χ1) is 15.0. The zero-order chi connectivity index (χ0) is 22.9. The second-order valence-corrected chi connectivity index (χ2v) is 7.41. The third-order valence-corrected chi connectivity index (χ3v) is 4.74. The molecule has 0 radical (unpaired) electrons. The SMILES string of the molecule is C=CC(=O)OCCCCCOC(=C)/C=C\C(=C)C(=O)OC1=CC=C(CCCCC)CC1. The molecule has 0 spiro atoms. The van der Waals surface area contributed by atoms with Gasteiger partial charge in [0.25, 0.3) is 0 Å². The van der Waals surface area contributed by atoms with Crippen LogP contribution in [0.5, 0.6) is 0 Å². The maximum Gasteiger partial charge on any atom is 0.342 e. The van der Waals surface area contributed by atoms with Gasteiger partial charge in [-0.25, -0.2) is 9.59 Å². The molecule has 0 aromatic rings. The maximum atomic E-state index is 12.2. The molecule has 0 fully saturated rings. The number of allylic oxidation sites excluding steroid dienone is 5. The molecular formula is C26H36O5. The van der Waals surface area contributed by atoms with E-state index in [-0.39, 0.29) is 5.57 Å². The highest BCUT2D eigenvalue weighted by Gasteiger charge is 2.13. The minimum Gasteiger partial charge on any atom is -0.494 e. The molecule has 1 aliphatic rings. The van der Waals surface area contributed by atoms with Gasteiger partial charge in [0.2, 0.25) is 0 Å². The van der Waals surface area contributed by atoms with E-state index >= 15 is 0 Å². The van der Waals surface area contributed by atoms with Gasteiger partial charge in [-0.2, -0.15) is 0 Å². The van der Waals surface area contributed by atoms with E-state index in [1.807, 2.05) is 6.08 Å². The van der Waals surface area contributed by atoms with Gasteiger partial charge >= 0.3 is 11.9 Å². The van der Waals surface area contributed by atoms with Crippen molar-refractivity contribution in [2.45, 2.75) is 64.7 Å². The van der Waals surface area contributed by atoms with Crippen molar-refractivity contribution in [2.75, 3.05) is 13.2 Å². The zero-order valence-corrected chi connectivity index (χ0v) is 18.8. The fourth-order valence-electron chi connectivity index (χ4n) is 2.87. The Morgan fingerprint density at radius 3 is 2.35 bits per heavy atom. The molecule has 1 aliphatic carbocycles. The molecule has 170 valence electrons. The summed E-state index contributed by atoms with van der Waals surface area (Å²) in [6.07, 6.45) is 17.2. The van der Waals surface area contributed by atoms with Crippen molar-refractivity contribution >= 4 is 11.9 Å². The number of unbranched alkanes of at least 4 members (excludes halogenated alkanes) is 4. The summed E-state index contributed by atoms with van der Waals surface area (Å²) in [5.41, 5.74) is 1.66. The summed E-state index contributed by atoms with van der Waals surface area (Å²) in [6.45, 7) is 14.0. The predicted molar refractivity (Wildman–Crippen MR) is 124 cm³/mol. The van der Waals surface area contributed by atoms with Crippen LogP contribution in [0.25, 0.3) is 0 Å². The smallest absolute Gasteiger partial charge is 0.342 e. The Bertz CT molecular complexity index is 724. The fourth-order valence-corrected chi connectivity index (χ4v) is 2.87. The number of esters is 2. The third kappa shape index (κ3) is 12.5. The highest BCUT2D eigenvalue weighted by molar-refractivity contribution is 5.91. The van der Waals surface area contributed by atoms with Crippen LogP contribution >= 0.6 is 0 Å². The Morgan fingerprint density at radius 2 is 1.71 bits per heavy atom. The van der Waals surface area contributed by atoms with Crippen molar-refractivity contribution in [1.82, 2.24) is 0 Å². The lowest BCUT2D eigenvalue weighted by molar-refractivity contribution is -0.138. The Morgan fingerprint density at radius 1 is 0.968 bits per heavy atom. The Kier molecular flexibility index (Phi) is 13.5. The molecule has 5 heteroatoms. The van der Waals surface area contributed by atoms with Crippen molar-refractivity contribution in [2.24, 2.45) is 0 Å². The van der Waals surface area contributed by atoms with Crippen molar-refractivity contribution in [3.8, 4) is 0 Å². The lowest BCUT2D eigenvalue weighted by atomic mass is 9.98. The van der Waals surface area contributed by atoms with Crippen molar-refractivity contribution < 1.29 is 23.8 Å². The summed E-state index contributed by atoms with van der Waals surface area (Å²) in [5.74, 6) is 0.250. The van der Waals surface area contributed by atoms with Gasteiger partial charge in [0.15, 0.2) is 0 Å². The average molecular weight is 429 g/mol. The van der Waals surface area contributed by atoms with Crippen molar-refractivity contribution in [3.63, 3.8) is 0 Å². The van der Waals surface area contributed by atoms with Gasteiger partial charge in [-0.1, -0.05) is 51.2 Å². The summed E-state index contributed by atoms with van der Waals surface area (Å²) >= 11 is 0. The molecule has 0 bridgehead atoms. The van der Waals surface area contributed by atoms with E-state index < -0.39 is 11.9 Å². The number of carbonyl (C=O) groups is 2. The molecular weight excluding hydrogens is 392 g/mol. The summed E-state index contributed by atoms with van der Waals surface area (Å²) < 4.78 is 15.8. The Balaban J connectivity index is 2.23. The molecule has 1 rings (SSSR count). The topological polar surface area (TPSA) is 61.8 Å².